The normalized spacial score (nSPS) is 10.8. The summed E-state index contributed by atoms with van der Waals surface area (Å²) in [6.07, 6.45) is 4.95. The zero-order valence-corrected chi connectivity index (χ0v) is 17.0. The van der Waals surface area contributed by atoms with Gasteiger partial charge in [-0.15, -0.1) is 16.9 Å². The van der Waals surface area contributed by atoms with Crippen molar-refractivity contribution in [2.24, 2.45) is 0 Å². The zero-order chi connectivity index (χ0) is 20.9. The topological polar surface area (TPSA) is 90.5 Å². The van der Waals surface area contributed by atoms with Gasteiger partial charge in [-0.2, -0.15) is 0 Å². The van der Waals surface area contributed by atoms with E-state index in [1.807, 2.05) is 48.7 Å². The second kappa shape index (κ2) is 8.83. The molecule has 4 rings (SSSR count). The highest BCUT2D eigenvalue weighted by atomic mass is 32.2. The molecule has 0 atom stereocenters. The Balaban J connectivity index is 1.48. The van der Waals surface area contributed by atoms with Crippen LogP contribution in [0.15, 0.2) is 76.7 Å². The van der Waals surface area contributed by atoms with Crippen molar-refractivity contribution in [2.75, 3.05) is 6.26 Å². The molecule has 0 spiro atoms. The molecule has 0 radical (unpaired) electrons. The van der Waals surface area contributed by atoms with E-state index >= 15 is 0 Å². The molecule has 2 heterocycles. The van der Waals surface area contributed by atoms with Gasteiger partial charge in [0.15, 0.2) is 0 Å². The van der Waals surface area contributed by atoms with Crippen LogP contribution in [-0.2, 0) is 17.9 Å². The summed E-state index contributed by atoms with van der Waals surface area (Å²) >= 11 is 1.66. The Labute approximate surface area is 176 Å². The minimum absolute atomic E-state index is 0.189. The van der Waals surface area contributed by atoms with Crippen LogP contribution in [0.4, 0.5) is 0 Å². The van der Waals surface area contributed by atoms with Gasteiger partial charge in [0.2, 0.25) is 11.6 Å². The highest BCUT2D eigenvalue weighted by molar-refractivity contribution is 7.98. The van der Waals surface area contributed by atoms with E-state index in [9.17, 15) is 9.59 Å². The average Bonchev–Trinajstić information content (AvgIpc) is 3.10. The van der Waals surface area contributed by atoms with Gasteiger partial charge < -0.3 is 10.1 Å². The van der Waals surface area contributed by atoms with Crippen LogP contribution >= 0.6 is 11.8 Å². The van der Waals surface area contributed by atoms with E-state index in [4.69, 9.17) is 4.74 Å². The third kappa shape index (κ3) is 4.36. The van der Waals surface area contributed by atoms with Crippen molar-refractivity contribution in [1.29, 1.82) is 0 Å². The predicted octanol–water partition coefficient (Wildman–Crippen LogP) is 2.72. The molecule has 0 aliphatic rings. The Bertz CT molecular complexity index is 1220. The molecule has 0 unspecified atom stereocenters. The second-order valence-corrected chi connectivity index (χ2v) is 7.29. The predicted molar refractivity (Wildman–Crippen MR) is 114 cm³/mol. The summed E-state index contributed by atoms with van der Waals surface area (Å²) in [5.74, 6) is 0.451. The molecule has 152 valence electrons. The van der Waals surface area contributed by atoms with Crippen LogP contribution in [0.25, 0.3) is 5.65 Å². The Kier molecular flexibility index (Phi) is 5.80. The minimum Gasteiger partial charge on any atom is -0.436 e. The lowest BCUT2D eigenvalue weighted by Crippen LogP contribution is -2.32. The molecule has 9 heteroatoms. The van der Waals surface area contributed by atoms with Gasteiger partial charge in [0, 0.05) is 23.8 Å². The Morgan fingerprint density at radius 2 is 1.90 bits per heavy atom. The van der Waals surface area contributed by atoms with Crippen LogP contribution < -0.4 is 15.7 Å². The fraction of sp³-hybridized carbons (Fsp3) is 0.143. The number of amides is 1. The van der Waals surface area contributed by atoms with Crippen LogP contribution in [0.1, 0.15) is 5.56 Å². The van der Waals surface area contributed by atoms with Crippen LogP contribution in [0, 0.1) is 0 Å². The number of ether oxygens (including phenoxy) is 1. The van der Waals surface area contributed by atoms with Crippen molar-refractivity contribution < 1.29 is 9.53 Å². The molecule has 0 fully saturated rings. The number of hydrogen-bond acceptors (Lipinski definition) is 6. The van der Waals surface area contributed by atoms with E-state index < -0.39 is 5.69 Å². The van der Waals surface area contributed by atoms with Crippen LogP contribution in [0.5, 0.6) is 11.6 Å². The monoisotopic (exact) mass is 421 g/mol. The maximum absolute atomic E-state index is 12.6. The standard InChI is InChI=1S/C21H19N5O3S/c1-30-17-9-7-15(8-10-17)13-23-18(27)14-26-21(28)25-12-11-22-20(19(25)24-26)29-16-5-3-2-4-6-16/h2-12H,13-14H2,1H3,(H,23,27). The van der Waals surface area contributed by atoms with E-state index in [2.05, 4.69) is 15.4 Å². The number of carbonyl (C=O) groups is 1. The Morgan fingerprint density at radius 1 is 1.13 bits per heavy atom. The quantitative estimate of drug-likeness (QED) is 0.462. The summed E-state index contributed by atoms with van der Waals surface area (Å²) in [5, 5.41) is 7.05. The molecule has 30 heavy (non-hydrogen) atoms. The molecule has 2 aromatic heterocycles. The molecule has 0 aliphatic heterocycles. The molecule has 0 saturated carbocycles. The first-order valence-corrected chi connectivity index (χ1v) is 10.4. The first-order valence-electron chi connectivity index (χ1n) is 9.21. The number of carbonyl (C=O) groups excluding carboxylic acids is 1. The summed E-state index contributed by atoms with van der Waals surface area (Å²) in [7, 11) is 0. The summed E-state index contributed by atoms with van der Waals surface area (Å²) in [6, 6.07) is 17.0. The lowest BCUT2D eigenvalue weighted by molar-refractivity contribution is -0.122. The first kappa shape index (κ1) is 19.7. The third-order valence-electron chi connectivity index (χ3n) is 4.37. The SMILES string of the molecule is CSc1ccc(CNC(=O)Cn2nc3c(Oc4ccccc4)nccn3c2=O)cc1. The number of benzene rings is 2. The molecule has 0 saturated heterocycles. The van der Waals surface area contributed by atoms with E-state index in [0.29, 0.717) is 12.3 Å². The molecule has 0 bridgehead atoms. The molecular formula is C21H19N5O3S. The Morgan fingerprint density at radius 3 is 2.63 bits per heavy atom. The molecular weight excluding hydrogens is 402 g/mol. The minimum atomic E-state index is -0.440. The maximum atomic E-state index is 12.6. The van der Waals surface area contributed by atoms with E-state index in [-0.39, 0.29) is 24.0 Å². The average molecular weight is 421 g/mol. The summed E-state index contributed by atoms with van der Waals surface area (Å²) in [5.41, 5.74) is 0.780. The lowest BCUT2D eigenvalue weighted by Gasteiger charge is -2.05. The molecule has 1 amide bonds. The number of rotatable bonds is 7. The summed E-state index contributed by atoms with van der Waals surface area (Å²) in [6.45, 7) is 0.174. The van der Waals surface area contributed by atoms with Gasteiger partial charge in [0.25, 0.3) is 5.88 Å². The maximum Gasteiger partial charge on any atom is 0.351 e. The molecule has 0 aliphatic carbocycles. The molecule has 8 nitrogen and oxygen atoms in total. The van der Waals surface area contributed by atoms with Crippen LogP contribution in [-0.4, -0.2) is 31.3 Å². The van der Waals surface area contributed by atoms with E-state index in [1.165, 1.54) is 16.8 Å². The van der Waals surface area contributed by atoms with Crippen molar-refractivity contribution >= 4 is 23.3 Å². The molecule has 2 aromatic carbocycles. The number of fused-ring (bicyclic) bond motifs is 1. The second-order valence-electron chi connectivity index (χ2n) is 6.41. The van der Waals surface area contributed by atoms with Crippen molar-refractivity contribution in [1.82, 2.24) is 24.5 Å². The van der Waals surface area contributed by atoms with Gasteiger partial charge in [-0.3, -0.25) is 4.79 Å². The van der Waals surface area contributed by atoms with Gasteiger partial charge >= 0.3 is 5.69 Å². The van der Waals surface area contributed by atoms with Gasteiger partial charge in [-0.1, -0.05) is 30.3 Å². The Hall–Kier alpha value is -3.59. The number of nitrogens with zero attached hydrogens (tertiary/aromatic N) is 4. The number of aromatic nitrogens is 4. The highest BCUT2D eigenvalue weighted by Crippen LogP contribution is 2.21. The fourth-order valence-electron chi connectivity index (χ4n) is 2.84. The lowest BCUT2D eigenvalue weighted by atomic mass is 10.2. The zero-order valence-electron chi connectivity index (χ0n) is 16.2. The van der Waals surface area contributed by atoms with Crippen LogP contribution in [0.2, 0.25) is 0 Å². The first-order chi connectivity index (χ1) is 14.6. The fourth-order valence-corrected chi connectivity index (χ4v) is 3.25. The van der Waals surface area contributed by atoms with Gasteiger partial charge in [-0.05, 0) is 36.1 Å². The number of para-hydroxylation sites is 1. The van der Waals surface area contributed by atoms with Gasteiger partial charge in [0.1, 0.15) is 12.3 Å². The van der Waals surface area contributed by atoms with Gasteiger partial charge in [-0.25, -0.2) is 18.9 Å². The van der Waals surface area contributed by atoms with Gasteiger partial charge in [0.05, 0.1) is 0 Å². The van der Waals surface area contributed by atoms with Crippen molar-refractivity contribution in [3.05, 3.63) is 83.0 Å². The summed E-state index contributed by atoms with van der Waals surface area (Å²) in [4.78, 5) is 30.3. The van der Waals surface area contributed by atoms with Crippen molar-refractivity contribution in [3.8, 4) is 11.6 Å². The number of nitrogens with one attached hydrogen (secondary N) is 1. The largest absolute Gasteiger partial charge is 0.436 e. The van der Waals surface area contributed by atoms with Crippen molar-refractivity contribution in [3.63, 3.8) is 0 Å². The smallest absolute Gasteiger partial charge is 0.351 e. The molecule has 4 aromatic rings. The van der Waals surface area contributed by atoms with E-state index in [0.717, 1.165) is 15.1 Å². The van der Waals surface area contributed by atoms with E-state index in [1.54, 1.807) is 23.9 Å². The summed E-state index contributed by atoms with van der Waals surface area (Å²) < 4.78 is 8.14. The highest BCUT2D eigenvalue weighted by Gasteiger charge is 2.15. The van der Waals surface area contributed by atoms with Crippen molar-refractivity contribution in [2.45, 2.75) is 18.0 Å². The van der Waals surface area contributed by atoms with Crippen LogP contribution in [0.3, 0.4) is 0 Å². The number of hydrogen-bond donors (Lipinski definition) is 1. The number of thioether (sulfide) groups is 1. The third-order valence-corrected chi connectivity index (χ3v) is 5.11. The molecule has 1 N–H and O–H groups in total.